The van der Waals surface area contributed by atoms with Crippen molar-refractivity contribution in [3.05, 3.63) is 43.5 Å². The number of hydrogen-bond donors (Lipinski definition) is 2. The minimum atomic E-state index is -0.266. The van der Waals surface area contributed by atoms with Crippen molar-refractivity contribution in [3.8, 4) is 5.69 Å². The van der Waals surface area contributed by atoms with Crippen LogP contribution < -0.4 is 5.69 Å². The Morgan fingerprint density at radius 3 is 2.60 bits per heavy atom. The van der Waals surface area contributed by atoms with Crippen molar-refractivity contribution >= 4 is 28.1 Å². The van der Waals surface area contributed by atoms with Gasteiger partial charge in [0.1, 0.15) is 0 Å². The van der Waals surface area contributed by atoms with E-state index in [1.165, 1.54) is 4.57 Å². The Hall–Kier alpha value is -1.14. The van der Waals surface area contributed by atoms with Gasteiger partial charge in [-0.1, -0.05) is 15.9 Å². The molecule has 0 aliphatic rings. The second kappa shape index (κ2) is 3.79. The summed E-state index contributed by atoms with van der Waals surface area (Å²) in [6.07, 6.45) is 0. The number of aromatic amines is 2. The van der Waals surface area contributed by atoms with Gasteiger partial charge in [0, 0.05) is 4.47 Å². The van der Waals surface area contributed by atoms with Crippen molar-refractivity contribution in [2.45, 2.75) is 6.92 Å². The van der Waals surface area contributed by atoms with Crippen LogP contribution in [0.4, 0.5) is 0 Å². The molecule has 0 bridgehead atoms. The average molecular weight is 286 g/mol. The second-order valence-corrected chi connectivity index (χ2v) is 4.48. The lowest BCUT2D eigenvalue weighted by molar-refractivity contribution is 0.972. The van der Waals surface area contributed by atoms with Crippen LogP contribution in [0.5, 0.6) is 0 Å². The van der Waals surface area contributed by atoms with E-state index in [2.05, 4.69) is 26.1 Å². The molecule has 0 saturated heterocycles. The number of aromatic nitrogens is 3. The molecule has 78 valence electrons. The third-order valence-electron chi connectivity index (χ3n) is 1.97. The number of hydrogen-bond acceptors (Lipinski definition) is 2. The first kappa shape index (κ1) is 10.4. The minimum Gasteiger partial charge on any atom is -0.272 e. The molecule has 1 aromatic heterocycles. The van der Waals surface area contributed by atoms with Crippen LogP contribution in [0.1, 0.15) is 5.56 Å². The van der Waals surface area contributed by atoms with Crippen LogP contribution in [0, 0.1) is 11.7 Å². The lowest BCUT2D eigenvalue weighted by Gasteiger charge is -2.02. The van der Waals surface area contributed by atoms with E-state index in [4.69, 9.17) is 12.2 Å². The molecular weight excluding hydrogens is 278 g/mol. The van der Waals surface area contributed by atoms with Gasteiger partial charge in [-0.25, -0.2) is 14.5 Å². The van der Waals surface area contributed by atoms with Crippen molar-refractivity contribution in [2.75, 3.05) is 0 Å². The lowest BCUT2D eigenvalue weighted by atomic mass is 10.2. The molecule has 0 atom stereocenters. The first-order chi connectivity index (χ1) is 7.08. The highest BCUT2D eigenvalue weighted by atomic mass is 79.9. The predicted octanol–water partition coefficient (Wildman–Crippen LogP) is 2.29. The fourth-order valence-corrected chi connectivity index (χ4v) is 2.23. The number of rotatable bonds is 1. The summed E-state index contributed by atoms with van der Waals surface area (Å²) >= 11 is 8.38. The first-order valence-corrected chi connectivity index (χ1v) is 5.45. The molecule has 0 radical (unpaired) electrons. The molecule has 0 aliphatic carbocycles. The third kappa shape index (κ3) is 1.95. The van der Waals surface area contributed by atoms with Crippen LogP contribution in [0.15, 0.2) is 27.5 Å². The zero-order valence-electron chi connectivity index (χ0n) is 7.87. The molecule has 1 heterocycles. The molecule has 0 fully saturated rings. The monoisotopic (exact) mass is 285 g/mol. The molecule has 6 heteroatoms. The average Bonchev–Trinajstić information content (AvgIpc) is 2.44. The normalized spacial score (nSPS) is 10.5. The Balaban J connectivity index is 2.74. The zero-order chi connectivity index (χ0) is 11.0. The van der Waals surface area contributed by atoms with Crippen molar-refractivity contribution in [1.82, 2.24) is 14.8 Å². The third-order valence-corrected chi connectivity index (χ3v) is 2.71. The highest BCUT2D eigenvalue weighted by Gasteiger charge is 2.04. The molecular formula is C9H8BrN3OS. The molecule has 2 aromatic rings. The van der Waals surface area contributed by atoms with E-state index in [1.807, 2.05) is 25.1 Å². The summed E-state index contributed by atoms with van der Waals surface area (Å²) < 4.78 is 2.69. The smallest absolute Gasteiger partial charge is 0.272 e. The van der Waals surface area contributed by atoms with Crippen molar-refractivity contribution < 1.29 is 0 Å². The molecule has 2 rings (SSSR count). The van der Waals surface area contributed by atoms with Gasteiger partial charge in [0.05, 0.1) is 5.69 Å². The van der Waals surface area contributed by atoms with Crippen LogP contribution in [0.3, 0.4) is 0 Å². The fourth-order valence-electron chi connectivity index (χ4n) is 1.39. The maximum Gasteiger partial charge on any atom is 0.347 e. The van der Waals surface area contributed by atoms with Crippen molar-refractivity contribution in [3.63, 3.8) is 0 Å². The summed E-state index contributed by atoms with van der Waals surface area (Å²) in [5.41, 5.74) is 1.54. The van der Waals surface area contributed by atoms with E-state index < -0.39 is 0 Å². The van der Waals surface area contributed by atoms with Gasteiger partial charge in [0.15, 0.2) is 0 Å². The topological polar surface area (TPSA) is 53.6 Å². The van der Waals surface area contributed by atoms with Crippen LogP contribution in [0.2, 0.25) is 0 Å². The Morgan fingerprint density at radius 1 is 1.33 bits per heavy atom. The second-order valence-electron chi connectivity index (χ2n) is 3.18. The van der Waals surface area contributed by atoms with E-state index in [1.54, 1.807) is 0 Å². The molecule has 4 nitrogen and oxygen atoms in total. The van der Waals surface area contributed by atoms with Crippen LogP contribution in [-0.4, -0.2) is 14.8 Å². The number of nitrogens with zero attached hydrogens (tertiary/aromatic N) is 1. The highest BCUT2D eigenvalue weighted by Crippen LogP contribution is 2.17. The maximum atomic E-state index is 11.5. The van der Waals surface area contributed by atoms with E-state index in [9.17, 15) is 4.79 Å². The number of halogens is 1. The van der Waals surface area contributed by atoms with E-state index in [0.29, 0.717) is 4.77 Å². The molecule has 0 amide bonds. The largest absolute Gasteiger partial charge is 0.347 e. The zero-order valence-corrected chi connectivity index (χ0v) is 10.3. The number of aryl methyl sites for hydroxylation is 1. The van der Waals surface area contributed by atoms with Crippen LogP contribution in [0.25, 0.3) is 5.69 Å². The molecule has 0 saturated carbocycles. The summed E-state index contributed by atoms with van der Waals surface area (Å²) in [4.78, 5) is 11.5. The van der Waals surface area contributed by atoms with Gasteiger partial charge in [-0.05, 0) is 42.9 Å². The SMILES string of the molecule is Cc1cc(Br)cc(-n2c(=O)[nH][nH]c2=S)c1. The van der Waals surface area contributed by atoms with E-state index in [-0.39, 0.29) is 5.69 Å². The van der Waals surface area contributed by atoms with Gasteiger partial charge in [-0.2, -0.15) is 0 Å². The first-order valence-electron chi connectivity index (χ1n) is 4.25. The van der Waals surface area contributed by atoms with E-state index in [0.717, 1.165) is 15.7 Å². The number of nitrogens with one attached hydrogen (secondary N) is 2. The highest BCUT2D eigenvalue weighted by molar-refractivity contribution is 9.10. The molecule has 15 heavy (non-hydrogen) atoms. The van der Waals surface area contributed by atoms with Gasteiger partial charge in [-0.3, -0.25) is 5.10 Å². The van der Waals surface area contributed by atoms with Gasteiger partial charge in [-0.15, -0.1) is 0 Å². The minimum absolute atomic E-state index is 0.266. The van der Waals surface area contributed by atoms with Crippen molar-refractivity contribution in [2.24, 2.45) is 0 Å². The molecule has 0 aliphatic heterocycles. The predicted molar refractivity (Wildman–Crippen MR) is 64.0 cm³/mol. The van der Waals surface area contributed by atoms with E-state index >= 15 is 0 Å². The Morgan fingerprint density at radius 2 is 2.07 bits per heavy atom. The quantitative estimate of drug-likeness (QED) is 0.790. The molecule has 2 N–H and O–H groups in total. The summed E-state index contributed by atoms with van der Waals surface area (Å²) in [6, 6.07) is 5.70. The van der Waals surface area contributed by atoms with Crippen LogP contribution in [-0.2, 0) is 0 Å². The van der Waals surface area contributed by atoms with Gasteiger partial charge in [0.2, 0.25) is 4.77 Å². The fraction of sp³-hybridized carbons (Fsp3) is 0.111. The summed E-state index contributed by atoms with van der Waals surface area (Å²) in [6.45, 7) is 1.96. The molecule has 0 spiro atoms. The Labute approximate surface area is 99.1 Å². The molecule has 1 aromatic carbocycles. The summed E-state index contributed by atoms with van der Waals surface area (Å²) in [5.74, 6) is 0. The van der Waals surface area contributed by atoms with Crippen LogP contribution >= 0.6 is 28.1 Å². The number of H-pyrrole nitrogens is 2. The summed E-state index contributed by atoms with van der Waals surface area (Å²) in [7, 11) is 0. The van der Waals surface area contributed by atoms with Gasteiger partial charge >= 0.3 is 5.69 Å². The van der Waals surface area contributed by atoms with Gasteiger partial charge < -0.3 is 0 Å². The Bertz CT molecular complexity index is 563. The van der Waals surface area contributed by atoms with Gasteiger partial charge in [0.25, 0.3) is 0 Å². The molecule has 0 unspecified atom stereocenters. The standard InChI is InChI=1S/C9H8BrN3OS/c1-5-2-6(10)4-7(3-5)13-8(14)11-12-9(13)15/h2-4H,1H3,(H,11,14)(H,12,15). The van der Waals surface area contributed by atoms with Crippen molar-refractivity contribution in [1.29, 1.82) is 0 Å². The maximum absolute atomic E-state index is 11.5. The number of benzene rings is 1. The summed E-state index contributed by atoms with van der Waals surface area (Å²) in [5, 5.41) is 5.04. The Kier molecular flexibility index (Phi) is 2.62. The lowest BCUT2D eigenvalue weighted by Crippen LogP contribution is -2.14.